The van der Waals surface area contributed by atoms with E-state index in [4.69, 9.17) is 9.84 Å². The van der Waals surface area contributed by atoms with Crippen LogP contribution in [0.4, 0.5) is 22.0 Å². The number of halogens is 5. The first-order valence-electron chi connectivity index (χ1n) is 7.27. The zero-order valence-electron chi connectivity index (χ0n) is 12.4. The third-order valence-corrected chi connectivity index (χ3v) is 4.18. The van der Waals surface area contributed by atoms with Crippen LogP contribution >= 0.6 is 0 Å². The smallest absolute Gasteiger partial charge is 0.310 e. The van der Waals surface area contributed by atoms with Gasteiger partial charge in [0.1, 0.15) is 29.8 Å². The molecule has 0 bridgehead atoms. The Labute approximate surface area is 137 Å². The Morgan fingerprint density at radius 3 is 2.56 bits per heavy atom. The van der Waals surface area contributed by atoms with Crippen molar-refractivity contribution in [2.45, 2.75) is 12.0 Å². The standard InChI is InChI=1S/C17H10F5NO2/c18-7-1-2-9-12(5-7)25-16(17(21,22)6-24)13-10-3-8(19)4-11(20)14(10)23-15(9)13/h1-5,16,23-24H,6H2. The summed E-state index contributed by atoms with van der Waals surface area (Å²) in [6.07, 6.45) is -2.03. The highest BCUT2D eigenvalue weighted by Crippen LogP contribution is 2.50. The van der Waals surface area contributed by atoms with Crippen LogP contribution in [0, 0.1) is 17.5 Å². The van der Waals surface area contributed by atoms with E-state index in [-0.39, 0.29) is 33.5 Å². The molecule has 0 amide bonds. The van der Waals surface area contributed by atoms with Gasteiger partial charge in [-0.15, -0.1) is 0 Å². The number of hydrogen-bond donors (Lipinski definition) is 2. The third-order valence-electron chi connectivity index (χ3n) is 4.18. The topological polar surface area (TPSA) is 45.2 Å². The number of aromatic amines is 1. The molecule has 1 unspecified atom stereocenters. The van der Waals surface area contributed by atoms with E-state index in [1.165, 1.54) is 6.07 Å². The molecule has 25 heavy (non-hydrogen) atoms. The van der Waals surface area contributed by atoms with E-state index in [0.717, 1.165) is 18.2 Å². The predicted molar refractivity (Wildman–Crippen MR) is 79.0 cm³/mol. The number of alkyl halides is 2. The van der Waals surface area contributed by atoms with Gasteiger partial charge in [0.05, 0.1) is 11.2 Å². The van der Waals surface area contributed by atoms with Gasteiger partial charge in [0.2, 0.25) is 0 Å². The highest BCUT2D eigenvalue weighted by atomic mass is 19.3. The number of rotatable bonds is 2. The Morgan fingerprint density at radius 1 is 1.08 bits per heavy atom. The maximum atomic E-state index is 14.2. The van der Waals surface area contributed by atoms with Crippen molar-refractivity contribution >= 4 is 10.9 Å². The van der Waals surface area contributed by atoms with E-state index in [1.807, 2.05) is 0 Å². The first kappa shape index (κ1) is 15.9. The SMILES string of the molecule is OCC(F)(F)C1Oc2cc(F)ccc2-c2[nH]c3c(F)cc(F)cc3c21. The summed E-state index contributed by atoms with van der Waals surface area (Å²) >= 11 is 0. The normalized spacial score (nSPS) is 16.5. The molecule has 0 radical (unpaired) electrons. The highest BCUT2D eigenvalue weighted by Gasteiger charge is 2.47. The molecule has 1 aromatic heterocycles. The molecule has 3 aromatic rings. The van der Waals surface area contributed by atoms with Crippen molar-refractivity contribution in [2.75, 3.05) is 6.61 Å². The van der Waals surface area contributed by atoms with Gasteiger partial charge in [0.25, 0.3) is 0 Å². The molecule has 1 aliphatic heterocycles. The molecule has 1 aliphatic rings. The summed E-state index contributed by atoms with van der Waals surface area (Å²) in [6.45, 7) is -1.55. The first-order chi connectivity index (χ1) is 11.8. The summed E-state index contributed by atoms with van der Waals surface area (Å²) in [6, 6.07) is 4.84. The van der Waals surface area contributed by atoms with Gasteiger partial charge in [-0.25, -0.2) is 13.2 Å². The minimum Gasteiger partial charge on any atom is -0.478 e. The van der Waals surface area contributed by atoms with Crippen molar-refractivity contribution < 1.29 is 31.8 Å². The number of hydrogen-bond acceptors (Lipinski definition) is 2. The van der Waals surface area contributed by atoms with Crippen molar-refractivity contribution in [2.24, 2.45) is 0 Å². The number of nitrogens with one attached hydrogen (secondary N) is 1. The van der Waals surface area contributed by atoms with Gasteiger partial charge >= 0.3 is 5.92 Å². The zero-order valence-corrected chi connectivity index (χ0v) is 12.4. The molecule has 1 atom stereocenters. The number of H-pyrrole nitrogens is 1. The number of aliphatic hydroxyl groups is 1. The number of ether oxygens (including phenoxy) is 1. The molecule has 3 nitrogen and oxygen atoms in total. The quantitative estimate of drug-likeness (QED) is 0.673. The van der Waals surface area contributed by atoms with E-state index in [0.29, 0.717) is 6.07 Å². The molecule has 2 heterocycles. The van der Waals surface area contributed by atoms with Gasteiger partial charge in [-0.1, -0.05) is 0 Å². The fourth-order valence-corrected chi connectivity index (χ4v) is 3.09. The summed E-state index contributed by atoms with van der Waals surface area (Å²) in [5.74, 6) is -6.54. The molecular weight excluding hydrogens is 345 g/mol. The van der Waals surface area contributed by atoms with E-state index >= 15 is 0 Å². The Bertz CT molecular complexity index is 998. The molecule has 0 saturated carbocycles. The Morgan fingerprint density at radius 2 is 1.84 bits per heavy atom. The van der Waals surface area contributed by atoms with Crippen molar-refractivity contribution in [3.05, 3.63) is 53.3 Å². The maximum absolute atomic E-state index is 14.2. The van der Waals surface area contributed by atoms with Gasteiger partial charge in [0.15, 0.2) is 6.10 Å². The van der Waals surface area contributed by atoms with E-state index in [1.54, 1.807) is 0 Å². The number of aliphatic hydroxyl groups excluding tert-OH is 1. The number of benzene rings is 2. The summed E-state index contributed by atoms with van der Waals surface area (Å²) in [7, 11) is 0. The minimum atomic E-state index is -3.75. The fraction of sp³-hybridized carbons (Fsp3) is 0.176. The van der Waals surface area contributed by atoms with Gasteiger partial charge in [-0.05, 0) is 18.2 Å². The van der Waals surface area contributed by atoms with E-state index in [9.17, 15) is 22.0 Å². The molecule has 0 saturated heterocycles. The molecule has 2 N–H and O–H groups in total. The second kappa shape index (κ2) is 5.19. The summed E-state index contributed by atoms with van der Waals surface area (Å²) in [5.41, 5.74) is -0.0613. The van der Waals surface area contributed by atoms with E-state index in [2.05, 4.69) is 4.98 Å². The van der Waals surface area contributed by atoms with Gasteiger partial charge in [-0.2, -0.15) is 8.78 Å². The monoisotopic (exact) mass is 355 g/mol. The molecule has 0 aliphatic carbocycles. The van der Waals surface area contributed by atoms with Crippen molar-refractivity contribution in [3.8, 4) is 17.0 Å². The van der Waals surface area contributed by atoms with Crippen LogP contribution in [0.1, 0.15) is 11.7 Å². The summed E-state index contributed by atoms with van der Waals surface area (Å²) in [4.78, 5) is 2.65. The van der Waals surface area contributed by atoms with Gasteiger partial charge < -0.3 is 14.8 Å². The second-order valence-corrected chi connectivity index (χ2v) is 5.78. The van der Waals surface area contributed by atoms with Crippen LogP contribution in [0.3, 0.4) is 0 Å². The lowest BCUT2D eigenvalue weighted by Gasteiger charge is -2.31. The van der Waals surface area contributed by atoms with Crippen LogP contribution in [-0.2, 0) is 0 Å². The van der Waals surface area contributed by atoms with Gasteiger partial charge in [0, 0.05) is 28.6 Å². The maximum Gasteiger partial charge on any atom is 0.310 e. The second-order valence-electron chi connectivity index (χ2n) is 5.78. The average molecular weight is 355 g/mol. The molecule has 0 fully saturated rings. The van der Waals surface area contributed by atoms with Crippen molar-refractivity contribution in [3.63, 3.8) is 0 Å². The summed E-state index contributed by atoms with van der Waals surface area (Å²) in [5, 5.41) is 8.91. The van der Waals surface area contributed by atoms with E-state index < -0.39 is 36.1 Å². The lowest BCUT2D eigenvalue weighted by atomic mass is 9.93. The van der Waals surface area contributed by atoms with Crippen LogP contribution in [0.25, 0.3) is 22.2 Å². The molecule has 2 aromatic carbocycles. The molecule has 4 rings (SSSR count). The molecule has 8 heteroatoms. The fourth-order valence-electron chi connectivity index (χ4n) is 3.09. The largest absolute Gasteiger partial charge is 0.478 e. The first-order valence-corrected chi connectivity index (χ1v) is 7.27. The van der Waals surface area contributed by atoms with Gasteiger partial charge in [-0.3, -0.25) is 0 Å². The minimum absolute atomic E-state index is 0.0684. The lowest BCUT2D eigenvalue weighted by Crippen LogP contribution is -2.35. The molecular formula is C17H10F5NO2. The number of aromatic nitrogens is 1. The van der Waals surface area contributed by atoms with Crippen LogP contribution < -0.4 is 4.74 Å². The Hall–Kier alpha value is -2.61. The lowest BCUT2D eigenvalue weighted by molar-refractivity contribution is -0.128. The molecule has 130 valence electrons. The Kier molecular flexibility index (Phi) is 3.30. The zero-order chi connectivity index (χ0) is 17.9. The Balaban J connectivity index is 2.09. The van der Waals surface area contributed by atoms with Crippen molar-refractivity contribution in [1.82, 2.24) is 4.98 Å². The predicted octanol–water partition coefficient (Wildman–Crippen LogP) is 4.31. The highest BCUT2D eigenvalue weighted by molar-refractivity contribution is 5.93. The van der Waals surface area contributed by atoms with Crippen LogP contribution in [0.5, 0.6) is 5.75 Å². The number of fused-ring (bicyclic) bond motifs is 5. The van der Waals surface area contributed by atoms with Crippen molar-refractivity contribution in [1.29, 1.82) is 0 Å². The molecule has 0 spiro atoms. The third kappa shape index (κ3) is 2.28. The summed E-state index contributed by atoms with van der Waals surface area (Å²) < 4.78 is 74.9. The van der Waals surface area contributed by atoms with Crippen LogP contribution in [0.15, 0.2) is 30.3 Å². The van der Waals surface area contributed by atoms with Crippen LogP contribution in [0.2, 0.25) is 0 Å². The van der Waals surface area contributed by atoms with Crippen LogP contribution in [-0.4, -0.2) is 22.6 Å². The average Bonchev–Trinajstić information content (AvgIpc) is 2.93.